The molecule has 1 aromatic carbocycles. The molecule has 4 bridgehead atoms. The molecule has 0 N–H and O–H groups in total. The molecular weight excluding hydrogens is 282 g/mol. The SMILES string of the molecule is O=C([O-])C12CC3CC(C1)CC(c1ccc([N+](=O)[O-])cc1)(C3)C2. The molecule has 0 saturated heterocycles. The first kappa shape index (κ1) is 13.7. The molecule has 4 fully saturated rings. The third-order valence-electron chi connectivity index (χ3n) is 6.18. The predicted octanol–water partition coefficient (Wildman–Crippen LogP) is 2.18. The average molecular weight is 300 g/mol. The summed E-state index contributed by atoms with van der Waals surface area (Å²) >= 11 is 0. The van der Waals surface area contributed by atoms with Crippen LogP contribution in [-0.2, 0) is 10.2 Å². The van der Waals surface area contributed by atoms with Crippen LogP contribution in [0.3, 0.4) is 0 Å². The van der Waals surface area contributed by atoms with Gasteiger partial charge < -0.3 is 9.90 Å². The summed E-state index contributed by atoms with van der Waals surface area (Å²) in [5, 5.41) is 22.6. The molecule has 0 heterocycles. The number of rotatable bonds is 3. The van der Waals surface area contributed by atoms with Crippen LogP contribution in [0.4, 0.5) is 5.69 Å². The standard InChI is InChI=1S/C17H19NO4/c19-15(20)17-8-11-5-12(9-17)7-16(6-11,10-17)13-1-3-14(4-2-13)18(21)22/h1-4,11-12H,5-10H2,(H,19,20)/p-1. The molecule has 116 valence electrons. The molecule has 5 heteroatoms. The van der Waals surface area contributed by atoms with Crippen LogP contribution < -0.4 is 5.11 Å². The first-order valence-electron chi connectivity index (χ1n) is 7.89. The van der Waals surface area contributed by atoms with Crippen LogP contribution in [0.25, 0.3) is 0 Å². The van der Waals surface area contributed by atoms with E-state index < -0.39 is 16.3 Å². The van der Waals surface area contributed by atoms with Gasteiger partial charge in [0.2, 0.25) is 0 Å². The van der Waals surface area contributed by atoms with Crippen molar-refractivity contribution in [3.63, 3.8) is 0 Å². The number of nitrogens with zero attached hydrogens (tertiary/aromatic N) is 1. The van der Waals surface area contributed by atoms with Gasteiger partial charge in [0.15, 0.2) is 0 Å². The summed E-state index contributed by atoms with van der Waals surface area (Å²) in [6, 6.07) is 6.74. The van der Waals surface area contributed by atoms with Crippen molar-refractivity contribution in [1.29, 1.82) is 0 Å². The minimum absolute atomic E-state index is 0.0862. The number of carboxylic acids is 1. The average Bonchev–Trinajstić information content (AvgIpc) is 2.46. The van der Waals surface area contributed by atoms with Crippen LogP contribution in [0.2, 0.25) is 0 Å². The summed E-state index contributed by atoms with van der Waals surface area (Å²) in [6.45, 7) is 0. The van der Waals surface area contributed by atoms with E-state index in [0.29, 0.717) is 18.3 Å². The Morgan fingerprint density at radius 3 is 2.18 bits per heavy atom. The van der Waals surface area contributed by atoms with Gasteiger partial charge in [0.05, 0.1) is 4.92 Å². The highest BCUT2D eigenvalue weighted by Gasteiger charge is 2.58. The van der Waals surface area contributed by atoms with E-state index in [0.717, 1.165) is 37.7 Å². The van der Waals surface area contributed by atoms with E-state index in [-0.39, 0.29) is 11.1 Å². The predicted molar refractivity (Wildman–Crippen MR) is 76.9 cm³/mol. The molecule has 4 aliphatic carbocycles. The van der Waals surface area contributed by atoms with E-state index in [9.17, 15) is 20.0 Å². The highest BCUT2D eigenvalue weighted by Crippen LogP contribution is 2.65. The largest absolute Gasteiger partial charge is 0.550 e. The lowest BCUT2D eigenvalue weighted by Gasteiger charge is -2.62. The number of hydrogen-bond acceptors (Lipinski definition) is 4. The molecule has 2 atom stereocenters. The monoisotopic (exact) mass is 300 g/mol. The fourth-order valence-corrected chi connectivity index (χ4v) is 5.78. The summed E-state index contributed by atoms with van der Waals surface area (Å²) in [5.41, 5.74) is 0.353. The maximum absolute atomic E-state index is 11.8. The van der Waals surface area contributed by atoms with Crippen molar-refractivity contribution < 1.29 is 14.8 Å². The fourth-order valence-electron chi connectivity index (χ4n) is 5.78. The van der Waals surface area contributed by atoms with Crippen molar-refractivity contribution in [3.05, 3.63) is 39.9 Å². The van der Waals surface area contributed by atoms with Crippen molar-refractivity contribution >= 4 is 11.7 Å². The van der Waals surface area contributed by atoms with Crippen LogP contribution >= 0.6 is 0 Å². The van der Waals surface area contributed by atoms with E-state index in [1.807, 2.05) is 12.1 Å². The second-order valence-electron chi connectivity index (χ2n) is 7.61. The maximum Gasteiger partial charge on any atom is 0.269 e. The molecule has 5 rings (SSSR count). The number of carboxylic acid groups (broad SMARTS) is 1. The van der Waals surface area contributed by atoms with E-state index in [4.69, 9.17) is 0 Å². The second kappa shape index (κ2) is 4.31. The smallest absolute Gasteiger partial charge is 0.269 e. The number of non-ortho nitro benzene ring substituents is 1. The number of nitro benzene ring substituents is 1. The number of nitro groups is 1. The fraction of sp³-hybridized carbons (Fsp3) is 0.588. The summed E-state index contributed by atoms with van der Waals surface area (Å²) in [7, 11) is 0. The molecule has 0 amide bonds. The van der Waals surface area contributed by atoms with Gasteiger partial charge in [-0.25, -0.2) is 0 Å². The number of hydrogen-bond donors (Lipinski definition) is 0. The highest BCUT2D eigenvalue weighted by molar-refractivity contribution is 5.73. The third kappa shape index (κ3) is 1.81. The molecule has 22 heavy (non-hydrogen) atoms. The normalized spacial score (nSPS) is 38.9. The second-order valence-corrected chi connectivity index (χ2v) is 7.61. The van der Waals surface area contributed by atoms with Crippen molar-refractivity contribution in [2.45, 2.75) is 43.9 Å². The number of carbonyl (C=O) groups excluding carboxylic acids is 1. The zero-order valence-electron chi connectivity index (χ0n) is 12.3. The number of benzene rings is 1. The lowest BCUT2D eigenvalue weighted by Crippen LogP contribution is -2.59. The first-order valence-corrected chi connectivity index (χ1v) is 7.89. The summed E-state index contributed by atoms with van der Waals surface area (Å²) < 4.78 is 0. The van der Waals surface area contributed by atoms with Gasteiger partial charge in [0, 0.05) is 23.5 Å². The Hall–Kier alpha value is -1.91. The Morgan fingerprint density at radius 2 is 1.68 bits per heavy atom. The molecule has 0 radical (unpaired) electrons. The minimum Gasteiger partial charge on any atom is -0.550 e. The summed E-state index contributed by atoms with van der Waals surface area (Å²) in [5.74, 6) is 0.0107. The van der Waals surface area contributed by atoms with E-state index >= 15 is 0 Å². The lowest BCUT2D eigenvalue weighted by molar-refractivity contribution is -0.384. The van der Waals surface area contributed by atoms with Crippen molar-refractivity contribution in [2.24, 2.45) is 17.3 Å². The molecule has 5 nitrogen and oxygen atoms in total. The number of carbonyl (C=O) groups is 1. The van der Waals surface area contributed by atoms with E-state index in [1.165, 1.54) is 0 Å². The van der Waals surface area contributed by atoms with Gasteiger partial charge in [-0.15, -0.1) is 0 Å². The minimum atomic E-state index is -0.895. The van der Waals surface area contributed by atoms with Crippen LogP contribution in [0.1, 0.15) is 44.1 Å². The van der Waals surface area contributed by atoms with Crippen LogP contribution in [-0.4, -0.2) is 10.9 Å². The van der Waals surface area contributed by atoms with Gasteiger partial charge in [-0.3, -0.25) is 10.1 Å². The molecule has 4 saturated carbocycles. The van der Waals surface area contributed by atoms with Crippen molar-refractivity contribution in [2.75, 3.05) is 0 Å². The summed E-state index contributed by atoms with van der Waals surface area (Å²) in [6.07, 6.45) is 5.28. The Morgan fingerprint density at radius 1 is 1.09 bits per heavy atom. The highest BCUT2D eigenvalue weighted by atomic mass is 16.6. The van der Waals surface area contributed by atoms with Crippen LogP contribution in [0.5, 0.6) is 0 Å². The van der Waals surface area contributed by atoms with Gasteiger partial charge in [-0.1, -0.05) is 12.1 Å². The van der Waals surface area contributed by atoms with Crippen molar-refractivity contribution in [1.82, 2.24) is 0 Å². The quantitative estimate of drug-likeness (QED) is 0.632. The lowest BCUT2D eigenvalue weighted by atomic mass is 9.43. The first-order chi connectivity index (χ1) is 10.4. The van der Waals surface area contributed by atoms with Gasteiger partial charge in [-0.05, 0) is 61.3 Å². The van der Waals surface area contributed by atoms with Gasteiger partial charge in [0.25, 0.3) is 5.69 Å². The number of aliphatic carboxylic acids is 1. The topological polar surface area (TPSA) is 83.3 Å². The zero-order chi connectivity index (χ0) is 15.5. The molecule has 1 aromatic rings. The van der Waals surface area contributed by atoms with Gasteiger partial charge >= 0.3 is 0 Å². The molecule has 0 aromatic heterocycles. The Bertz CT molecular complexity index is 637. The van der Waals surface area contributed by atoms with Crippen LogP contribution in [0, 0.1) is 27.4 Å². The molecule has 4 aliphatic rings. The van der Waals surface area contributed by atoms with Gasteiger partial charge in [0.1, 0.15) is 0 Å². The Kier molecular flexibility index (Phi) is 2.69. The van der Waals surface area contributed by atoms with Gasteiger partial charge in [-0.2, -0.15) is 0 Å². The van der Waals surface area contributed by atoms with Crippen LogP contribution in [0.15, 0.2) is 24.3 Å². The summed E-state index contributed by atoms with van der Waals surface area (Å²) in [4.78, 5) is 22.2. The van der Waals surface area contributed by atoms with E-state index in [1.54, 1.807) is 12.1 Å². The maximum atomic E-state index is 11.8. The third-order valence-corrected chi connectivity index (χ3v) is 6.18. The molecular formula is C17H18NO4-. The Balaban J connectivity index is 1.74. The molecule has 0 aliphatic heterocycles. The Labute approximate surface area is 128 Å². The molecule has 2 unspecified atom stereocenters. The van der Waals surface area contributed by atoms with E-state index in [2.05, 4.69) is 0 Å². The molecule has 0 spiro atoms. The van der Waals surface area contributed by atoms with Crippen molar-refractivity contribution in [3.8, 4) is 0 Å². The zero-order valence-corrected chi connectivity index (χ0v) is 12.3.